The summed E-state index contributed by atoms with van der Waals surface area (Å²) in [5.74, 6) is 0.623. The zero-order chi connectivity index (χ0) is 15.7. The maximum Gasteiger partial charge on any atom is 0.103 e. The maximum absolute atomic E-state index is 11.4. The van der Waals surface area contributed by atoms with Crippen LogP contribution in [0.4, 0.5) is 0 Å². The van der Waals surface area contributed by atoms with E-state index < -0.39 is 5.60 Å². The van der Waals surface area contributed by atoms with Gasteiger partial charge in [-0.2, -0.15) is 0 Å². The van der Waals surface area contributed by atoms with Crippen molar-refractivity contribution in [1.82, 2.24) is 4.90 Å². The van der Waals surface area contributed by atoms with E-state index in [1.54, 1.807) is 0 Å². The molecule has 120 valence electrons. The first-order valence-corrected chi connectivity index (χ1v) is 8.80. The number of aliphatic hydroxyl groups is 1. The summed E-state index contributed by atoms with van der Waals surface area (Å²) in [7, 11) is 0. The third-order valence-corrected chi connectivity index (χ3v) is 5.69. The van der Waals surface area contributed by atoms with Crippen LogP contribution in [0, 0.1) is 5.92 Å². The Balaban J connectivity index is 1.62. The molecule has 3 atom stereocenters. The Hall–Kier alpha value is -1.64. The summed E-state index contributed by atoms with van der Waals surface area (Å²) in [5, 5.41) is 11.4. The van der Waals surface area contributed by atoms with Crippen LogP contribution in [0.15, 0.2) is 60.7 Å². The summed E-state index contributed by atoms with van der Waals surface area (Å²) in [6, 6.07) is 21.6. The third kappa shape index (κ3) is 2.93. The molecule has 2 aromatic rings. The molecule has 0 radical (unpaired) electrons. The zero-order valence-electron chi connectivity index (χ0n) is 13.6. The molecule has 0 spiro atoms. The van der Waals surface area contributed by atoms with E-state index >= 15 is 0 Å². The SMILES string of the molecule is OC1(c2ccccc2)C[C@H]2CCC[C@H]2N(Cc2ccccc2)C1. The summed E-state index contributed by atoms with van der Waals surface area (Å²) in [6.45, 7) is 1.68. The number of nitrogens with zero attached hydrogens (tertiary/aromatic N) is 1. The van der Waals surface area contributed by atoms with E-state index in [1.807, 2.05) is 18.2 Å². The van der Waals surface area contributed by atoms with Crippen LogP contribution >= 0.6 is 0 Å². The maximum atomic E-state index is 11.4. The number of hydrogen-bond donors (Lipinski definition) is 1. The van der Waals surface area contributed by atoms with E-state index in [1.165, 1.54) is 24.8 Å². The standard InChI is InChI=1S/C21H25NO/c23-21(19-11-5-2-6-12-19)14-18-10-7-13-20(18)22(16-21)15-17-8-3-1-4-9-17/h1-6,8-9,11-12,18,20,23H,7,10,13-16H2/t18-,20-,21?/m1/s1. The molecule has 1 heterocycles. The second-order valence-corrected chi connectivity index (χ2v) is 7.25. The normalized spacial score (nSPS) is 31.0. The van der Waals surface area contributed by atoms with Crippen molar-refractivity contribution in [3.8, 4) is 0 Å². The van der Waals surface area contributed by atoms with Gasteiger partial charge in [0.15, 0.2) is 0 Å². The van der Waals surface area contributed by atoms with Gasteiger partial charge in [0, 0.05) is 19.1 Å². The fourth-order valence-electron chi connectivity index (χ4n) is 4.64. The van der Waals surface area contributed by atoms with Gasteiger partial charge in [0.2, 0.25) is 0 Å². The minimum atomic E-state index is -0.707. The van der Waals surface area contributed by atoms with Crippen LogP contribution in [0.3, 0.4) is 0 Å². The highest BCUT2D eigenvalue weighted by molar-refractivity contribution is 5.25. The molecular weight excluding hydrogens is 282 g/mol. The van der Waals surface area contributed by atoms with E-state index in [-0.39, 0.29) is 0 Å². The zero-order valence-corrected chi connectivity index (χ0v) is 13.6. The van der Waals surface area contributed by atoms with Gasteiger partial charge in [0.1, 0.15) is 5.60 Å². The second-order valence-electron chi connectivity index (χ2n) is 7.25. The molecule has 1 N–H and O–H groups in total. The van der Waals surface area contributed by atoms with Gasteiger partial charge in [-0.3, -0.25) is 4.90 Å². The molecule has 2 fully saturated rings. The van der Waals surface area contributed by atoms with Gasteiger partial charge >= 0.3 is 0 Å². The lowest BCUT2D eigenvalue weighted by molar-refractivity contribution is -0.0796. The Kier molecular flexibility index (Phi) is 3.96. The van der Waals surface area contributed by atoms with Gasteiger partial charge in [-0.05, 0) is 36.3 Å². The van der Waals surface area contributed by atoms with Crippen molar-refractivity contribution < 1.29 is 5.11 Å². The highest BCUT2D eigenvalue weighted by Crippen LogP contribution is 2.44. The monoisotopic (exact) mass is 307 g/mol. The minimum Gasteiger partial charge on any atom is -0.384 e. The number of hydrogen-bond acceptors (Lipinski definition) is 2. The summed E-state index contributed by atoms with van der Waals surface area (Å²) in [5.41, 5.74) is 1.71. The molecule has 23 heavy (non-hydrogen) atoms. The molecular formula is C21H25NO. The third-order valence-electron chi connectivity index (χ3n) is 5.69. The molecule has 0 bridgehead atoms. The van der Waals surface area contributed by atoms with Crippen LogP contribution in [-0.2, 0) is 12.1 Å². The number of fused-ring (bicyclic) bond motifs is 1. The predicted octanol–water partition coefficient (Wildman–Crippen LogP) is 3.95. The van der Waals surface area contributed by atoms with E-state index in [0.717, 1.165) is 25.1 Å². The molecule has 0 aromatic heterocycles. The number of benzene rings is 2. The number of rotatable bonds is 3. The van der Waals surface area contributed by atoms with Crippen molar-refractivity contribution >= 4 is 0 Å². The topological polar surface area (TPSA) is 23.5 Å². The van der Waals surface area contributed by atoms with Gasteiger partial charge in [0.25, 0.3) is 0 Å². The summed E-state index contributed by atoms with van der Waals surface area (Å²) in [4.78, 5) is 2.53. The quantitative estimate of drug-likeness (QED) is 0.928. The molecule has 2 nitrogen and oxygen atoms in total. The van der Waals surface area contributed by atoms with E-state index in [9.17, 15) is 5.11 Å². The van der Waals surface area contributed by atoms with E-state index in [2.05, 4.69) is 47.4 Å². The molecule has 2 aromatic carbocycles. The van der Waals surface area contributed by atoms with Crippen LogP contribution in [0.5, 0.6) is 0 Å². The Labute approximate surface area is 138 Å². The van der Waals surface area contributed by atoms with Gasteiger partial charge in [-0.15, -0.1) is 0 Å². The first-order valence-electron chi connectivity index (χ1n) is 8.80. The molecule has 1 aliphatic carbocycles. The molecule has 1 aliphatic heterocycles. The van der Waals surface area contributed by atoms with Gasteiger partial charge in [-0.1, -0.05) is 67.1 Å². The van der Waals surface area contributed by atoms with E-state index in [4.69, 9.17) is 0 Å². The molecule has 1 saturated heterocycles. The van der Waals surface area contributed by atoms with Crippen molar-refractivity contribution in [3.63, 3.8) is 0 Å². The molecule has 1 saturated carbocycles. The number of likely N-dealkylation sites (tertiary alicyclic amines) is 1. The van der Waals surface area contributed by atoms with Crippen LogP contribution in [-0.4, -0.2) is 22.6 Å². The fraction of sp³-hybridized carbons (Fsp3) is 0.429. The van der Waals surface area contributed by atoms with Crippen LogP contribution < -0.4 is 0 Å². The van der Waals surface area contributed by atoms with Crippen LogP contribution in [0.1, 0.15) is 36.8 Å². The largest absolute Gasteiger partial charge is 0.384 e. The van der Waals surface area contributed by atoms with E-state index in [0.29, 0.717) is 12.0 Å². The lowest BCUT2D eigenvalue weighted by atomic mass is 9.77. The van der Waals surface area contributed by atoms with Gasteiger partial charge in [0.05, 0.1) is 0 Å². The highest BCUT2D eigenvalue weighted by atomic mass is 16.3. The summed E-state index contributed by atoms with van der Waals surface area (Å²) in [6.07, 6.45) is 4.74. The number of piperidine rings is 1. The molecule has 1 unspecified atom stereocenters. The second kappa shape index (κ2) is 6.10. The number of β-amino-alcohol motifs (C(OH)–C–C–N with tert-alkyl or cyclic N) is 1. The summed E-state index contributed by atoms with van der Waals surface area (Å²) >= 11 is 0. The smallest absolute Gasteiger partial charge is 0.103 e. The highest BCUT2D eigenvalue weighted by Gasteiger charge is 2.46. The van der Waals surface area contributed by atoms with Crippen LogP contribution in [0.25, 0.3) is 0 Å². The Morgan fingerprint density at radius 2 is 1.65 bits per heavy atom. The van der Waals surface area contributed by atoms with Gasteiger partial charge in [-0.25, -0.2) is 0 Å². The first kappa shape index (κ1) is 14.9. The van der Waals surface area contributed by atoms with Crippen LogP contribution in [0.2, 0.25) is 0 Å². The Morgan fingerprint density at radius 3 is 2.39 bits per heavy atom. The fourth-order valence-corrected chi connectivity index (χ4v) is 4.64. The minimum absolute atomic E-state index is 0.623. The van der Waals surface area contributed by atoms with Crippen molar-refractivity contribution in [2.45, 2.75) is 43.9 Å². The first-order chi connectivity index (χ1) is 11.2. The van der Waals surface area contributed by atoms with Crippen molar-refractivity contribution in [1.29, 1.82) is 0 Å². The summed E-state index contributed by atoms with van der Waals surface area (Å²) < 4.78 is 0. The van der Waals surface area contributed by atoms with Crippen molar-refractivity contribution in [2.24, 2.45) is 5.92 Å². The Bertz CT molecular complexity index is 641. The lowest BCUT2D eigenvalue weighted by Gasteiger charge is -2.47. The average molecular weight is 307 g/mol. The molecule has 4 rings (SSSR count). The average Bonchev–Trinajstić information content (AvgIpc) is 3.05. The van der Waals surface area contributed by atoms with Crippen molar-refractivity contribution in [3.05, 3.63) is 71.8 Å². The predicted molar refractivity (Wildman–Crippen MR) is 92.9 cm³/mol. The van der Waals surface area contributed by atoms with Crippen molar-refractivity contribution in [2.75, 3.05) is 6.54 Å². The molecule has 2 aliphatic rings. The molecule has 2 heteroatoms. The van der Waals surface area contributed by atoms with Gasteiger partial charge < -0.3 is 5.11 Å². The lowest BCUT2D eigenvalue weighted by Crippen LogP contribution is -2.53. The Morgan fingerprint density at radius 1 is 0.957 bits per heavy atom. The molecule has 0 amide bonds.